The first-order chi connectivity index (χ1) is 4.21. The van der Waals surface area contributed by atoms with E-state index in [0.717, 1.165) is 5.92 Å². The van der Waals surface area contributed by atoms with Crippen LogP contribution in [-0.2, 0) is 4.74 Å². The van der Waals surface area contributed by atoms with Crippen molar-refractivity contribution in [3.8, 4) is 0 Å². The fourth-order valence-electron chi connectivity index (χ4n) is 1.82. The highest BCUT2D eigenvalue weighted by molar-refractivity contribution is 5.02. The molecule has 1 saturated heterocycles. The summed E-state index contributed by atoms with van der Waals surface area (Å²) in [6.07, 6.45) is 4.59. The number of ether oxygens (including phenoxy) is 1. The van der Waals surface area contributed by atoms with Crippen molar-refractivity contribution in [1.82, 2.24) is 0 Å². The van der Waals surface area contributed by atoms with Gasteiger partial charge in [0, 0.05) is 0 Å². The summed E-state index contributed by atoms with van der Waals surface area (Å²) in [6, 6.07) is 0. The van der Waals surface area contributed by atoms with E-state index in [1.54, 1.807) is 0 Å². The maximum Gasteiger partial charge on any atom is 0.0920 e. The number of hydrogen-bond donors (Lipinski definition) is 0. The maximum atomic E-state index is 5.54. The molecule has 0 N–H and O–H groups in total. The van der Waals surface area contributed by atoms with Gasteiger partial charge in [0.1, 0.15) is 0 Å². The molecule has 2 fully saturated rings. The van der Waals surface area contributed by atoms with Crippen molar-refractivity contribution in [1.29, 1.82) is 0 Å². The van der Waals surface area contributed by atoms with Crippen molar-refractivity contribution in [3.63, 3.8) is 0 Å². The average Bonchev–Trinajstić information content (AvgIpc) is 2.41. The summed E-state index contributed by atoms with van der Waals surface area (Å²) >= 11 is 0. The zero-order chi connectivity index (χ0) is 6.48. The third kappa shape index (κ3) is 0.787. The van der Waals surface area contributed by atoms with Crippen LogP contribution in [0.15, 0.2) is 0 Å². The lowest BCUT2D eigenvalue weighted by atomic mass is 9.84. The summed E-state index contributed by atoms with van der Waals surface area (Å²) in [6.45, 7) is 4.56. The molecule has 52 valence electrons. The molecule has 1 heteroatoms. The molecule has 1 aliphatic heterocycles. The van der Waals surface area contributed by atoms with Gasteiger partial charge in [0.05, 0.1) is 11.7 Å². The van der Waals surface area contributed by atoms with E-state index in [1.807, 2.05) is 0 Å². The molecule has 1 aliphatic carbocycles. The topological polar surface area (TPSA) is 12.5 Å². The van der Waals surface area contributed by atoms with Crippen molar-refractivity contribution < 1.29 is 4.74 Å². The maximum absolute atomic E-state index is 5.54. The second-order valence-corrected chi connectivity index (χ2v) is 3.80. The minimum absolute atomic E-state index is 0.326. The molecule has 0 aromatic carbocycles. The van der Waals surface area contributed by atoms with Crippen LogP contribution in [-0.4, -0.2) is 11.7 Å². The Kier molecular flexibility index (Phi) is 0.963. The minimum Gasteiger partial charge on any atom is -0.366 e. The molecule has 9 heavy (non-hydrogen) atoms. The fourth-order valence-corrected chi connectivity index (χ4v) is 1.82. The SMILES string of the molecule is C[C@@H]1CCC2(C)OC2C1. The molecular weight excluding hydrogens is 112 g/mol. The molecular formula is C8H14O. The van der Waals surface area contributed by atoms with Crippen molar-refractivity contribution in [3.05, 3.63) is 0 Å². The lowest BCUT2D eigenvalue weighted by Gasteiger charge is -2.17. The summed E-state index contributed by atoms with van der Waals surface area (Å²) < 4.78 is 5.54. The molecule has 0 amide bonds. The molecule has 0 spiro atoms. The molecule has 2 rings (SSSR count). The van der Waals surface area contributed by atoms with Gasteiger partial charge >= 0.3 is 0 Å². The van der Waals surface area contributed by atoms with Crippen LogP contribution in [0.5, 0.6) is 0 Å². The van der Waals surface area contributed by atoms with Crippen LogP contribution in [0.3, 0.4) is 0 Å². The molecule has 3 atom stereocenters. The van der Waals surface area contributed by atoms with Gasteiger partial charge in [0.25, 0.3) is 0 Å². The van der Waals surface area contributed by atoms with E-state index in [9.17, 15) is 0 Å². The predicted molar refractivity (Wildman–Crippen MR) is 36.3 cm³/mol. The van der Waals surface area contributed by atoms with Gasteiger partial charge in [-0.1, -0.05) is 6.92 Å². The van der Waals surface area contributed by atoms with Gasteiger partial charge in [-0.05, 0) is 32.1 Å². The number of epoxide rings is 1. The Hall–Kier alpha value is -0.0400. The van der Waals surface area contributed by atoms with Gasteiger partial charge in [0.2, 0.25) is 0 Å². The van der Waals surface area contributed by atoms with Gasteiger partial charge in [-0.25, -0.2) is 0 Å². The molecule has 1 saturated carbocycles. The van der Waals surface area contributed by atoms with Crippen molar-refractivity contribution >= 4 is 0 Å². The van der Waals surface area contributed by atoms with Crippen LogP contribution in [0.2, 0.25) is 0 Å². The smallest absolute Gasteiger partial charge is 0.0920 e. The Labute approximate surface area is 56.4 Å². The summed E-state index contributed by atoms with van der Waals surface area (Å²) in [4.78, 5) is 0. The van der Waals surface area contributed by atoms with Crippen molar-refractivity contribution in [2.24, 2.45) is 5.92 Å². The summed E-state index contributed by atoms with van der Waals surface area (Å²) in [5, 5.41) is 0. The standard InChI is InChI=1S/C8H14O/c1-6-3-4-8(2)7(5-6)9-8/h6-7H,3-5H2,1-2H3/t6-,7?,8?/m1/s1. The number of fused-ring (bicyclic) bond motifs is 1. The molecule has 0 aromatic heterocycles. The fraction of sp³-hybridized carbons (Fsp3) is 1.00. The van der Waals surface area contributed by atoms with E-state index in [2.05, 4.69) is 13.8 Å². The number of hydrogen-bond acceptors (Lipinski definition) is 1. The third-order valence-electron chi connectivity index (χ3n) is 2.79. The molecule has 0 radical (unpaired) electrons. The first-order valence-electron chi connectivity index (χ1n) is 3.88. The van der Waals surface area contributed by atoms with Gasteiger partial charge in [-0.15, -0.1) is 0 Å². The molecule has 0 aromatic rings. The summed E-state index contributed by atoms with van der Waals surface area (Å²) in [5.41, 5.74) is 0.326. The Balaban J connectivity index is 2.01. The zero-order valence-electron chi connectivity index (χ0n) is 6.18. The Bertz CT molecular complexity index is 133. The largest absolute Gasteiger partial charge is 0.366 e. The first-order valence-corrected chi connectivity index (χ1v) is 3.88. The van der Waals surface area contributed by atoms with Crippen LogP contribution in [0.25, 0.3) is 0 Å². The summed E-state index contributed by atoms with van der Waals surface area (Å²) in [5.74, 6) is 0.908. The van der Waals surface area contributed by atoms with E-state index in [4.69, 9.17) is 4.74 Å². The highest BCUT2D eigenvalue weighted by Gasteiger charge is 2.54. The first kappa shape index (κ1) is 5.72. The lowest BCUT2D eigenvalue weighted by Crippen LogP contribution is -2.19. The van der Waals surface area contributed by atoms with Crippen LogP contribution in [0, 0.1) is 5.92 Å². The molecule has 0 bridgehead atoms. The quantitative estimate of drug-likeness (QED) is 0.452. The average molecular weight is 126 g/mol. The van der Waals surface area contributed by atoms with E-state index in [-0.39, 0.29) is 0 Å². The predicted octanol–water partition coefficient (Wildman–Crippen LogP) is 1.96. The molecule has 2 unspecified atom stereocenters. The van der Waals surface area contributed by atoms with E-state index >= 15 is 0 Å². The normalized spacial score (nSPS) is 56.7. The number of rotatable bonds is 0. The molecule has 1 heterocycles. The second-order valence-electron chi connectivity index (χ2n) is 3.80. The van der Waals surface area contributed by atoms with Crippen LogP contribution in [0.4, 0.5) is 0 Å². The van der Waals surface area contributed by atoms with E-state index in [0.29, 0.717) is 11.7 Å². The van der Waals surface area contributed by atoms with Crippen LogP contribution >= 0.6 is 0 Å². The zero-order valence-corrected chi connectivity index (χ0v) is 6.18. The highest BCUT2D eigenvalue weighted by Crippen LogP contribution is 2.48. The van der Waals surface area contributed by atoms with E-state index in [1.165, 1.54) is 19.3 Å². The van der Waals surface area contributed by atoms with Crippen molar-refractivity contribution in [2.45, 2.75) is 44.8 Å². The van der Waals surface area contributed by atoms with E-state index < -0.39 is 0 Å². The molecule has 2 aliphatic rings. The van der Waals surface area contributed by atoms with Gasteiger partial charge in [-0.3, -0.25) is 0 Å². The van der Waals surface area contributed by atoms with Crippen LogP contribution < -0.4 is 0 Å². The Morgan fingerprint density at radius 1 is 1.56 bits per heavy atom. The third-order valence-corrected chi connectivity index (χ3v) is 2.79. The van der Waals surface area contributed by atoms with Gasteiger partial charge < -0.3 is 4.74 Å². The second kappa shape index (κ2) is 1.51. The van der Waals surface area contributed by atoms with Crippen LogP contribution in [0.1, 0.15) is 33.1 Å². The van der Waals surface area contributed by atoms with Gasteiger partial charge in [-0.2, -0.15) is 0 Å². The minimum atomic E-state index is 0.326. The van der Waals surface area contributed by atoms with Crippen molar-refractivity contribution in [2.75, 3.05) is 0 Å². The van der Waals surface area contributed by atoms with Gasteiger partial charge in [0.15, 0.2) is 0 Å². The Morgan fingerprint density at radius 2 is 2.33 bits per heavy atom. The summed E-state index contributed by atoms with van der Waals surface area (Å²) in [7, 11) is 0. The highest BCUT2D eigenvalue weighted by atomic mass is 16.6. The molecule has 1 nitrogen and oxygen atoms in total. The monoisotopic (exact) mass is 126 g/mol. The lowest BCUT2D eigenvalue weighted by molar-refractivity contribution is 0.302. The Morgan fingerprint density at radius 3 is 2.89 bits per heavy atom.